The van der Waals surface area contributed by atoms with Gasteiger partial charge in [0.25, 0.3) is 0 Å². The van der Waals surface area contributed by atoms with Crippen LogP contribution in [-0.4, -0.2) is 47.0 Å². The Kier molecular flexibility index (Phi) is 7.49. The summed E-state index contributed by atoms with van der Waals surface area (Å²) in [5.74, 6) is -2.38. The number of anilines is 2. The normalized spacial score (nSPS) is 18.1. The van der Waals surface area contributed by atoms with E-state index in [0.717, 1.165) is 17.2 Å². The van der Waals surface area contributed by atoms with Gasteiger partial charge in [-0.15, -0.1) is 0 Å². The van der Waals surface area contributed by atoms with Crippen molar-refractivity contribution in [3.8, 4) is 5.75 Å². The Morgan fingerprint density at radius 1 is 1.21 bits per heavy atom. The van der Waals surface area contributed by atoms with E-state index in [0.29, 0.717) is 0 Å². The summed E-state index contributed by atoms with van der Waals surface area (Å²) in [5.41, 5.74) is -0.398. The Labute approximate surface area is 194 Å². The van der Waals surface area contributed by atoms with Gasteiger partial charge in [-0.2, -0.15) is 13.8 Å². The zero-order chi connectivity index (χ0) is 25.2. The average Bonchev–Trinajstić information content (AvgIpc) is 3.09. The fourth-order valence-electron chi connectivity index (χ4n) is 3.56. The number of hydrogen-bond acceptors (Lipinski definition) is 7. The third-order valence-corrected chi connectivity index (χ3v) is 4.95. The van der Waals surface area contributed by atoms with Crippen LogP contribution in [-0.2, 0) is 9.47 Å². The van der Waals surface area contributed by atoms with E-state index in [1.165, 1.54) is 12.1 Å². The van der Waals surface area contributed by atoms with Gasteiger partial charge in [-0.05, 0) is 40.7 Å². The topological polar surface area (TPSA) is 85.8 Å². The molecule has 8 nitrogen and oxygen atoms in total. The Balaban J connectivity index is 1.82. The minimum atomic E-state index is -3.08. The van der Waals surface area contributed by atoms with Gasteiger partial charge in [0.15, 0.2) is 11.6 Å². The van der Waals surface area contributed by atoms with Crippen molar-refractivity contribution in [2.75, 3.05) is 16.8 Å². The van der Waals surface area contributed by atoms with Crippen molar-refractivity contribution in [3.63, 3.8) is 0 Å². The number of cyclic esters (lactones) is 1. The minimum absolute atomic E-state index is 0.0169. The standard InChI is InChI=1S/C22H26F4N4O4/c1-11(14-7-6-13(8-15(14)23)33-19(25)26)28-20-27-9-16(24)18(29-20)30-17(10-32-21(30)31)12(2)34-22(3,4)5/h6-9,11-12,17,19H,10H2,1-5H3,(H,27,28,29)/t11-,12+,17?/m0/s1. The monoisotopic (exact) mass is 486 g/mol. The molecule has 1 aromatic carbocycles. The van der Waals surface area contributed by atoms with Crippen molar-refractivity contribution in [2.45, 2.75) is 65.0 Å². The first-order chi connectivity index (χ1) is 15.9. The third kappa shape index (κ3) is 6.04. The van der Waals surface area contributed by atoms with E-state index in [4.69, 9.17) is 9.47 Å². The molecular formula is C22H26F4N4O4. The molecule has 0 spiro atoms. The number of carbonyl (C=O) groups is 1. The third-order valence-electron chi connectivity index (χ3n) is 4.95. The zero-order valence-electron chi connectivity index (χ0n) is 19.3. The first kappa shape index (κ1) is 25.5. The van der Waals surface area contributed by atoms with Crippen molar-refractivity contribution >= 4 is 17.9 Å². The number of rotatable bonds is 8. The molecule has 1 amide bonds. The number of ether oxygens (including phenoxy) is 3. The fourth-order valence-corrected chi connectivity index (χ4v) is 3.56. The molecule has 12 heteroatoms. The van der Waals surface area contributed by atoms with E-state index in [1.807, 2.05) is 20.8 Å². The summed E-state index contributed by atoms with van der Waals surface area (Å²) in [6, 6.07) is 1.93. The Morgan fingerprint density at radius 3 is 2.53 bits per heavy atom. The van der Waals surface area contributed by atoms with Crippen LogP contribution in [0, 0.1) is 11.6 Å². The number of hydrogen-bond donors (Lipinski definition) is 1. The number of alkyl halides is 2. The van der Waals surface area contributed by atoms with Crippen molar-refractivity contribution < 1.29 is 36.6 Å². The van der Waals surface area contributed by atoms with Gasteiger partial charge in [0.1, 0.15) is 24.2 Å². The maximum absolute atomic E-state index is 14.7. The summed E-state index contributed by atoms with van der Waals surface area (Å²) in [4.78, 5) is 21.4. The number of nitrogens with zero attached hydrogens (tertiary/aromatic N) is 3. The molecule has 1 N–H and O–H groups in total. The van der Waals surface area contributed by atoms with E-state index < -0.39 is 48.1 Å². The van der Waals surface area contributed by atoms with Crippen LogP contribution in [0.2, 0.25) is 0 Å². The molecule has 1 aromatic heterocycles. The summed E-state index contributed by atoms with van der Waals surface area (Å²) in [7, 11) is 0. The van der Waals surface area contributed by atoms with Gasteiger partial charge in [-0.1, -0.05) is 6.07 Å². The van der Waals surface area contributed by atoms with Gasteiger partial charge < -0.3 is 19.5 Å². The van der Waals surface area contributed by atoms with Gasteiger partial charge in [-0.25, -0.2) is 23.5 Å². The SMILES string of the molecule is C[C@H](Nc1ncc(F)c(N2C(=O)OCC2[C@@H](C)OC(C)(C)C)n1)c1ccc(OC(F)F)cc1F. The van der Waals surface area contributed by atoms with Crippen LogP contribution in [0.15, 0.2) is 24.4 Å². The molecule has 0 bridgehead atoms. The summed E-state index contributed by atoms with van der Waals surface area (Å²) < 4.78 is 69.0. The molecule has 186 valence electrons. The quantitative estimate of drug-likeness (QED) is 0.522. The Bertz CT molecular complexity index is 1030. The van der Waals surface area contributed by atoms with Crippen molar-refractivity contribution in [1.82, 2.24) is 9.97 Å². The first-order valence-electron chi connectivity index (χ1n) is 10.5. The van der Waals surface area contributed by atoms with Crippen molar-refractivity contribution in [1.29, 1.82) is 0 Å². The zero-order valence-corrected chi connectivity index (χ0v) is 19.3. The number of aromatic nitrogens is 2. The predicted molar refractivity (Wildman–Crippen MR) is 115 cm³/mol. The second kappa shape index (κ2) is 10.00. The molecule has 2 aromatic rings. The summed E-state index contributed by atoms with van der Waals surface area (Å²) >= 11 is 0. The van der Waals surface area contributed by atoms with Gasteiger partial charge >= 0.3 is 12.7 Å². The van der Waals surface area contributed by atoms with E-state index in [1.54, 1.807) is 13.8 Å². The molecular weight excluding hydrogens is 460 g/mol. The van der Waals surface area contributed by atoms with E-state index in [-0.39, 0.29) is 29.7 Å². The maximum Gasteiger partial charge on any atom is 0.416 e. The summed E-state index contributed by atoms with van der Waals surface area (Å²) in [6.07, 6.45) is -0.406. The number of carbonyl (C=O) groups excluding carboxylic acids is 1. The highest BCUT2D eigenvalue weighted by Crippen LogP contribution is 2.30. The smallest absolute Gasteiger partial charge is 0.416 e. The predicted octanol–water partition coefficient (Wildman–Crippen LogP) is 5.06. The molecule has 34 heavy (non-hydrogen) atoms. The Hall–Kier alpha value is -3.15. The van der Waals surface area contributed by atoms with Crippen LogP contribution in [0.25, 0.3) is 0 Å². The number of halogens is 4. The minimum Gasteiger partial charge on any atom is -0.447 e. The highest BCUT2D eigenvalue weighted by Gasteiger charge is 2.41. The highest BCUT2D eigenvalue weighted by molar-refractivity contribution is 5.89. The van der Waals surface area contributed by atoms with E-state index >= 15 is 0 Å². The van der Waals surface area contributed by atoms with Gasteiger partial charge in [0.2, 0.25) is 5.95 Å². The van der Waals surface area contributed by atoms with E-state index in [2.05, 4.69) is 20.0 Å². The summed E-state index contributed by atoms with van der Waals surface area (Å²) in [6.45, 7) is 5.78. The molecule has 2 heterocycles. The lowest BCUT2D eigenvalue weighted by Crippen LogP contribution is -2.45. The molecule has 0 radical (unpaired) electrons. The van der Waals surface area contributed by atoms with Crippen LogP contribution in [0.4, 0.5) is 34.1 Å². The maximum atomic E-state index is 14.7. The van der Waals surface area contributed by atoms with Gasteiger partial charge in [0.05, 0.1) is 23.9 Å². The fraction of sp³-hybridized carbons (Fsp3) is 0.500. The van der Waals surface area contributed by atoms with E-state index in [9.17, 15) is 22.4 Å². The lowest BCUT2D eigenvalue weighted by molar-refractivity contribution is -0.0619. The molecule has 3 rings (SSSR count). The first-order valence-corrected chi connectivity index (χ1v) is 10.5. The highest BCUT2D eigenvalue weighted by atomic mass is 19.3. The molecule has 0 saturated carbocycles. The van der Waals surface area contributed by atoms with Crippen molar-refractivity contribution in [3.05, 3.63) is 41.6 Å². The number of amides is 1. The number of benzene rings is 1. The van der Waals surface area contributed by atoms with Crippen LogP contribution >= 0.6 is 0 Å². The van der Waals surface area contributed by atoms with Gasteiger partial charge in [0, 0.05) is 11.6 Å². The second-order valence-electron chi connectivity index (χ2n) is 8.74. The lowest BCUT2D eigenvalue weighted by atomic mass is 10.1. The Morgan fingerprint density at radius 2 is 1.91 bits per heavy atom. The van der Waals surface area contributed by atoms with Crippen LogP contribution in [0.5, 0.6) is 5.75 Å². The van der Waals surface area contributed by atoms with Crippen molar-refractivity contribution in [2.24, 2.45) is 0 Å². The molecule has 1 aliphatic heterocycles. The molecule has 1 fully saturated rings. The average molecular weight is 486 g/mol. The molecule has 1 aliphatic rings. The largest absolute Gasteiger partial charge is 0.447 e. The molecule has 1 saturated heterocycles. The number of nitrogens with one attached hydrogen (secondary N) is 1. The molecule has 1 unspecified atom stereocenters. The van der Waals surface area contributed by atoms with Crippen LogP contribution in [0.3, 0.4) is 0 Å². The summed E-state index contributed by atoms with van der Waals surface area (Å²) in [5, 5.41) is 2.82. The lowest BCUT2D eigenvalue weighted by Gasteiger charge is -2.31. The molecule has 0 aliphatic carbocycles. The van der Waals surface area contributed by atoms with Crippen LogP contribution in [0.1, 0.15) is 46.2 Å². The molecule has 3 atom stereocenters. The van der Waals surface area contributed by atoms with Crippen LogP contribution < -0.4 is 15.0 Å². The van der Waals surface area contributed by atoms with Gasteiger partial charge in [-0.3, -0.25) is 0 Å². The second-order valence-corrected chi connectivity index (χ2v) is 8.74.